The summed E-state index contributed by atoms with van der Waals surface area (Å²) >= 11 is 0. The maximum Gasteiger partial charge on any atom is 0.347 e. The van der Waals surface area contributed by atoms with Crippen molar-refractivity contribution in [2.24, 2.45) is 5.92 Å². The molecule has 1 aliphatic rings. The number of carboxylic acid groups (broad SMARTS) is 1. The first-order valence-electron chi connectivity index (χ1n) is 9.27. The number of hydrogen-bond acceptors (Lipinski definition) is 5. The van der Waals surface area contributed by atoms with Gasteiger partial charge in [0.1, 0.15) is 0 Å². The van der Waals surface area contributed by atoms with Crippen LogP contribution in [0.3, 0.4) is 0 Å². The maximum absolute atomic E-state index is 11.9. The molecule has 2 amide bonds. The summed E-state index contributed by atoms with van der Waals surface area (Å²) in [4.78, 5) is 50.8. The Balaban J connectivity index is 2.25. The van der Waals surface area contributed by atoms with E-state index in [1.807, 2.05) is 0 Å². The molecule has 25 heavy (non-hydrogen) atoms. The summed E-state index contributed by atoms with van der Waals surface area (Å²) < 4.78 is 0. The second kappa shape index (κ2) is 11.6. The van der Waals surface area contributed by atoms with Crippen molar-refractivity contribution in [1.82, 2.24) is 5.06 Å². The first-order valence-corrected chi connectivity index (χ1v) is 9.27. The van der Waals surface area contributed by atoms with E-state index in [9.17, 15) is 24.3 Å². The fourth-order valence-electron chi connectivity index (χ4n) is 2.81. The van der Waals surface area contributed by atoms with Crippen LogP contribution in [0.2, 0.25) is 0 Å². The normalized spacial score (nSPS) is 15.5. The number of carbonyl (C=O) groups excluding carboxylic acids is 3. The van der Waals surface area contributed by atoms with Crippen molar-refractivity contribution < 1.29 is 29.1 Å². The van der Waals surface area contributed by atoms with Crippen LogP contribution in [0.5, 0.6) is 0 Å². The largest absolute Gasteiger partial charge is 0.481 e. The number of carbonyl (C=O) groups is 4. The summed E-state index contributed by atoms with van der Waals surface area (Å²) in [5.41, 5.74) is 0. The maximum atomic E-state index is 11.9. The highest BCUT2D eigenvalue weighted by Crippen LogP contribution is 2.18. The van der Waals surface area contributed by atoms with Crippen molar-refractivity contribution >= 4 is 23.8 Å². The van der Waals surface area contributed by atoms with Gasteiger partial charge in [0.15, 0.2) is 5.92 Å². The smallest absolute Gasteiger partial charge is 0.347 e. The molecule has 1 heterocycles. The molecule has 0 spiro atoms. The molecule has 0 aromatic carbocycles. The third kappa shape index (κ3) is 7.67. The van der Waals surface area contributed by atoms with E-state index in [0.29, 0.717) is 11.5 Å². The topological polar surface area (TPSA) is 101 Å². The first-order chi connectivity index (χ1) is 12.0. The molecule has 0 aliphatic carbocycles. The molecule has 0 radical (unpaired) electrons. The Morgan fingerprint density at radius 1 is 0.960 bits per heavy atom. The van der Waals surface area contributed by atoms with Gasteiger partial charge in [0, 0.05) is 12.8 Å². The predicted octanol–water partition coefficient (Wildman–Crippen LogP) is 3.22. The number of imide groups is 1. The van der Waals surface area contributed by atoms with E-state index in [1.165, 1.54) is 32.1 Å². The number of amides is 2. The standard InChI is InChI=1S/C18H29NO6/c1-2-3-4-5-6-7-8-9-10-11-14(17(22)23)18(24)25-19-15(20)12-13-16(19)21/h14H,2-13H2,1H3,(H,22,23)/t14-/m1/s1. The van der Waals surface area contributed by atoms with Crippen molar-refractivity contribution in [1.29, 1.82) is 0 Å². The highest BCUT2D eigenvalue weighted by Gasteiger charge is 2.36. The van der Waals surface area contributed by atoms with Crippen molar-refractivity contribution in [2.75, 3.05) is 0 Å². The fourth-order valence-corrected chi connectivity index (χ4v) is 2.81. The molecule has 1 fully saturated rings. The third-order valence-electron chi connectivity index (χ3n) is 4.37. The molecule has 0 saturated carbocycles. The number of carboxylic acids is 1. The molecule has 1 rings (SSSR count). The lowest BCUT2D eigenvalue weighted by Crippen LogP contribution is -2.36. The Morgan fingerprint density at radius 2 is 1.44 bits per heavy atom. The van der Waals surface area contributed by atoms with E-state index in [0.717, 1.165) is 19.3 Å². The summed E-state index contributed by atoms with van der Waals surface area (Å²) in [6.45, 7) is 2.18. The number of hydroxylamine groups is 2. The number of unbranched alkanes of at least 4 members (excludes halogenated alkanes) is 8. The monoisotopic (exact) mass is 355 g/mol. The Kier molecular flexibility index (Phi) is 9.80. The summed E-state index contributed by atoms with van der Waals surface area (Å²) in [6.07, 6.45) is 9.88. The van der Waals surface area contributed by atoms with Crippen molar-refractivity contribution in [3.05, 3.63) is 0 Å². The molecule has 142 valence electrons. The Bertz CT molecular complexity index is 460. The molecular formula is C18H29NO6. The van der Waals surface area contributed by atoms with Gasteiger partial charge in [-0.05, 0) is 6.42 Å². The lowest BCUT2D eigenvalue weighted by atomic mass is 10.00. The Morgan fingerprint density at radius 3 is 1.92 bits per heavy atom. The van der Waals surface area contributed by atoms with Gasteiger partial charge in [0.25, 0.3) is 11.8 Å². The highest BCUT2D eigenvalue weighted by molar-refractivity contribution is 6.02. The van der Waals surface area contributed by atoms with Crippen LogP contribution in [-0.4, -0.2) is 33.9 Å². The predicted molar refractivity (Wildman–Crippen MR) is 90.1 cm³/mol. The zero-order valence-electron chi connectivity index (χ0n) is 15.0. The van der Waals surface area contributed by atoms with Gasteiger partial charge in [0.05, 0.1) is 0 Å². The van der Waals surface area contributed by atoms with Gasteiger partial charge in [-0.2, -0.15) is 0 Å². The molecule has 1 aliphatic heterocycles. The Hall–Kier alpha value is -1.92. The second-order valence-electron chi connectivity index (χ2n) is 6.50. The highest BCUT2D eigenvalue weighted by atomic mass is 16.7. The van der Waals surface area contributed by atoms with E-state index in [2.05, 4.69) is 6.92 Å². The molecule has 0 aromatic heterocycles. The van der Waals surface area contributed by atoms with Crippen molar-refractivity contribution in [3.8, 4) is 0 Å². The van der Waals surface area contributed by atoms with Crippen LogP contribution >= 0.6 is 0 Å². The molecule has 0 bridgehead atoms. The van der Waals surface area contributed by atoms with Crippen molar-refractivity contribution in [2.45, 2.75) is 84.0 Å². The Labute approximate surface area is 148 Å². The second-order valence-corrected chi connectivity index (χ2v) is 6.50. The molecule has 0 aromatic rings. The van der Waals surface area contributed by atoms with Gasteiger partial charge in [-0.3, -0.25) is 14.4 Å². The van der Waals surface area contributed by atoms with E-state index < -0.39 is 29.7 Å². The van der Waals surface area contributed by atoms with Crippen LogP contribution in [0, 0.1) is 5.92 Å². The summed E-state index contributed by atoms with van der Waals surface area (Å²) in [7, 11) is 0. The van der Waals surface area contributed by atoms with Crippen LogP contribution < -0.4 is 0 Å². The van der Waals surface area contributed by atoms with E-state index >= 15 is 0 Å². The summed E-state index contributed by atoms with van der Waals surface area (Å²) in [5.74, 6) is -4.89. The molecule has 7 heteroatoms. The third-order valence-corrected chi connectivity index (χ3v) is 4.37. The zero-order chi connectivity index (χ0) is 18.7. The van der Waals surface area contributed by atoms with Gasteiger partial charge < -0.3 is 9.94 Å². The molecule has 1 N–H and O–H groups in total. The SMILES string of the molecule is CCCCCCCCCCC[C@H](C(=O)O)C(=O)ON1C(=O)CCC1=O. The molecule has 7 nitrogen and oxygen atoms in total. The van der Waals surface area contributed by atoms with E-state index in [-0.39, 0.29) is 19.3 Å². The summed E-state index contributed by atoms with van der Waals surface area (Å²) in [6, 6.07) is 0. The molecule has 1 atom stereocenters. The van der Waals surface area contributed by atoms with Gasteiger partial charge in [-0.1, -0.05) is 64.7 Å². The minimum absolute atomic E-state index is 0.0118. The lowest BCUT2D eigenvalue weighted by molar-refractivity contribution is -0.202. The van der Waals surface area contributed by atoms with Gasteiger partial charge in [-0.15, -0.1) is 5.06 Å². The minimum atomic E-state index is -1.34. The van der Waals surface area contributed by atoms with Crippen LogP contribution in [0.4, 0.5) is 0 Å². The lowest BCUT2D eigenvalue weighted by Gasteiger charge is -2.16. The number of nitrogens with zero attached hydrogens (tertiary/aromatic N) is 1. The minimum Gasteiger partial charge on any atom is -0.481 e. The molecule has 1 saturated heterocycles. The van der Waals surface area contributed by atoms with Crippen LogP contribution in [-0.2, 0) is 24.0 Å². The number of rotatable bonds is 13. The van der Waals surface area contributed by atoms with E-state index in [4.69, 9.17) is 4.84 Å². The van der Waals surface area contributed by atoms with Gasteiger partial charge in [0.2, 0.25) is 0 Å². The van der Waals surface area contributed by atoms with Crippen LogP contribution in [0.15, 0.2) is 0 Å². The average molecular weight is 355 g/mol. The van der Waals surface area contributed by atoms with Gasteiger partial charge >= 0.3 is 11.9 Å². The van der Waals surface area contributed by atoms with Crippen molar-refractivity contribution in [3.63, 3.8) is 0 Å². The van der Waals surface area contributed by atoms with Crippen LogP contribution in [0.25, 0.3) is 0 Å². The molecule has 0 unspecified atom stereocenters. The number of hydrogen-bond donors (Lipinski definition) is 1. The quantitative estimate of drug-likeness (QED) is 0.309. The summed E-state index contributed by atoms with van der Waals surface area (Å²) in [5, 5.41) is 9.58. The van der Waals surface area contributed by atoms with Crippen LogP contribution in [0.1, 0.15) is 84.0 Å². The van der Waals surface area contributed by atoms with Gasteiger partial charge in [-0.25, -0.2) is 4.79 Å². The fraction of sp³-hybridized carbons (Fsp3) is 0.778. The molecular weight excluding hydrogens is 326 g/mol. The van der Waals surface area contributed by atoms with E-state index in [1.54, 1.807) is 0 Å². The average Bonchev–Trinajstić information content (AvgIpc) is 2.88. The zero-order valence-corrected chi connectivity index (χ0v) is 15.0. The first kappa shape index (κ1) is 21.1. The number of aliphatic carboxylic acids is 1.